The molecular formula is C69H64Cl2F4N14O11S2. The molecule has 33 heteroatoms. The van der Waals surface area contributed by atoms with E-state index in [9.17, 15) is 51.4 Å². The summed E-state index contributed by atoms with van der Waals surface area (Å²) in [5, 5.41) is 20.8. The van der Waals surface area contributed by atoms with Gasteiger partial charge in [-0.25, -0.2) is 56.5 Å². The van der Waals surface area contributed by atoms with Gasteiger partial charge in [-0.1, -0.05) is 35.3 Å². The molecule has 7 aliphatic rings. The highest BCUT2D eigenvalue weighted by atomic mass is 35.5. The minimum absolute atomic E-state index is 0.0222. The number of aliphatic imine (C=N–C) groups is 2. The minimum atomic E-state index is -1.28. The normalized spacial score (nSPS) is 21.5. The first kappa shape index (κ1) is 70.5. The fourth-order valence-corrected chi connectivity index (χ4v) is 15.3. The number of carboxylic acid groups (broad SMARTS) is 1. The number of nitrogens with zero attached hydrogens (tertiary/aromatic N) is 12. The highest BCUT2D eigenvalue weighted by Crippen LogP contribution is 2.41. The maximum atomic E-state index is 14.9. The number of anilines is 2. The molecule has 102 heavy (non-hydrogen) atoms. The number of carboxylic acids is 1. The van der Waals surface area contributed by atoms with Crippen LogP contribution in [0.5, 0.6) is 17.5 Å². The molecule has 7 aromatic rings. The van der Waals surface area contributed by atoms with Gasteiger partial charge in [-0.05, 0) is 75.1 Å². The number of hydrogen-bond acceptors (Lipinski definition) is 22. The van der Waals surface area contributed by atoms with Gasteiger partial charge in [0.1, 0.15) is 52.6 Å². The number of Topliss-reactive ketones (excluding diaryl/α,β-unsaturated/α-hetero) is 1. The van der Waals surface area contributed by atoms with Crippen LogP contribution in [0.25, 0.3) is 0 Å². The smallest absolute Gasteiger partial charge is 0.354 e. The molecule has 0 radical (unpaired) electrons. The second kappa shape index (κ2) is 30.3. The number of amides is 4. The lowest BCUT2D eigenvalue weighted by Gasteiger charge is -2.38. The van der Waals surface area contributed by atoms with Crippen molar-refractivity contribution in [2.75, 3.05) is 89.5 Å². The number of carbonyl (C=O) groups excluding carboxylic acids is 5. The van der Waals surface area contributed by atoms with Gasteiger partial charge >= 0.3 is 36.0 Å². The third-order valence-electron chi connectivity index (χ3n) is 18.4. The Hall–Kier alpha value is -9.92. The van der Waals surface area contributed by atoms with Gasteiger partial charge < -0.3 is 44.5 Å². The van der Waals surface area contributed by atoms with Crippen molar-refractivity contribution in [1.82, 2.24) is 50.2 Å². The van der Waals surface area contributed by atoms with Crippen LogP contribution in [-0.2, 0) is 23.9 Å². The van der Waals surface area contributed by atoms with Crippen molar-refractivity contribution < 1.29 is 70.4 Å². The summed E-state index contributed by atoms with van der Waals surface area (Å²) in [6.07, 6.45) is 7.27. The molecule has 1 saturated carbocycles. The second-order valence-electron chi connectivity index (χ2n) is 24.9. The predicted octanol–water partition coefficient (Wildman–Crippen LogP) is 10.2. The monoisotopic (exact) mass is 1470 g/mol. The number of piperazine rings is 2. The van der Waals surface area contributed by atoms with Crippen LogP contribution in [0.2, 0.25) is 10.0 Å². The number of aromatic nitrogens is 4. The fraction of sp³-hybridized carbons (Fsp3) is 0.333. The highest BCUT2D eigenvalue weighted by Gasteiger charge is 2.45. The first-order valence-electron chi connectivity index (χ1n) is 32.3. The average molecular weight is 1480 g/mol. The van der Waals surface area contributed by atoms with E-state index in [1.807, 2.05) is 5.38 Å². The molecule has 4 aromatic carbocycles. The van der Waals surface area contributed by atoms with Crippen molar-refractivity contribution in [3.8, 4) is 17.5 Å². The molecule has 1 aliphatic carbocycles. The number of ether oxygens (including phenoxy) is 4. The van der Waals surface area contributed by atoms with Gasteiger partial charge in [0.25, 0.3) is 0 Å². The van der Waals surface area contributed by atoms with Crippen LogP contribution in [0.4, 0.5) is 38.5 Å². The number of halogens is 6. The number of nitrogens with one attached hydrogen (secondary N) is 2. The lowest BCUT2D eigenvalue weighted by Crippen LogP contribution is -2.53. The first-order chi connectivity index (χ1) is 49.1. The van der Waals surface area contributed by atoms with E-state index < -0.39 is 53.3 Å². The number of fused-ring (bicyclic) bond motifs is 2. The molecular weight excluding hydrogens is 1410 g/mol. The molecule has 14 rings (SSSR count). The number of benzene rings is 4. The van der Waals surface area contributed by atoms with Crippen molar-refractivity contribution in [3.05, 3.63) is 191 Å². The topological polar surface area (TPSA) is 279 Å². The van der Waals surface area contributed by atoms with Gasteiger partial charge in [-0.15, -0.1) is 22.7 Å². The summed E-state index contributed by atoms with van der Waals surface area (Å²) >= 11 is 15.7. The minimum Gasteiger partial charge on any atom is -0.490 e. The number of thiazole rings is 2. The van der Waals surface area contributed by atoms with E-state index in [2.05, 4.69) is 40.4 Å². The maximum Gasteiger partial charge on any atom is 0.354 e. The number of carbonyl (C=O) groups is 6. The van der Waals surface area contributed by atoms with Gasteiger partial charge in [0, 0.05) is 158 Å². The zero-order chi connectivity index (χ0) is 71.6. The Kier molecular flexibility index (Phi) is 21.0. The van der Waals surface area contributed by atoms with E-state index in [-0.39, 0.29) is 106 Å². The summed E-state index contributed by atoms with van der Waals surface area (Å²) in [7, 11) is 2.55. The lowest BCUT2D eigenvalue weighted by molar-refractivity contribution is -0.137. The molecule has 5 fully saturated rings. The molecule has 3 aromatic heterocycles. The number of methoxy groups -OCH3 is 2. The number of ketones is 1. The summed E-state index contributed by atoms with van der Waals surface area (Å²) in [4.78, 5) is 114. The van der Waals surface area contributed by atoms with Crippen LogP contribution < -0.4 is 29.9 Å². The van der Waals surface area contributed by atoms with Crippen molar-refractivity contribution in [2.24, 2.45) is 15.9 Å². The zero-order valence-electron chi connectivity index (χ0n) is 54.7. The number of urea groups is 2. The average Bonchev–Trinajstić information content (AvgIpc) is 1.17. The standard InChI is InChI=1S/C36H37ClF2N6O5S.C33H27ClF2N8O6S/c1-20(46)21-3-6-26(7-4-21)50-27-14-23(39)13-24(16-27)45-18-25-17-43(10-11-44(25)36(45)48)19-30-31(35(47)49-2)32(28-8-5-22(38)15-29(28)37)42-33(41-30)34-40-9-12-51-34;1-49-31(47)26-25(39-28(29-37-6-9-51-29)41-27(26)22-3-2-17(35)12-23(22)34)16-42-7-8-43-20(14-42)15-44(33(43)48)19-10-18(36)11-21(13-19)50-32-38-5-4-24(40-32)30(45)46/h5,8-9,12-16,21,25-26,32H,3-4,6-7,10-11,17-19H2,1-2H3,(H,41,42);2-6,9-13,20,27H,7-8,14-16H2,1H3,(H,39,41)(H,45,46)/t21?,25-,26?,32-;20-,27-/m00/s1. The summed E-state index contributed by atoms with van der Waals surface area (Å²) in [5.41, 5.74) is 2.66. The van der Waals surface area contributed by atoms with E-state index in [1.165, 1.54) is 109 Å². The molecule has 25 nitrogen and oxygen atoms in total. The van der Waals surface area contributed by atoms with Gasteiger partial charge in [0.15, 0.2) is 27.4 Å². The Balaban J connectivity index is 0.000000182. The molecule has 0 spiro atoms. The number of esters is 2. The Morgan fingerprint density at radius 3 is 1.54 bits per heavy atom. The summed E-state index contributed by atoms with van der Waals surface area (Å²) < 4.78 is 79.9. The zero-order valence-corrected chi connectivity index (χ0v) is 57.9. The SMILES string of the molecule is COC(=O)C1=C(CN2CCN3C(=O)N(c4cc(F)cc(OC5CCC(C(C)=O)CC5)c4)C[C@@H]3C2)NC(c2nccs2)=N[C@H]1c1ccc(F)cc1Cl.COC(=O)C1=C(CN2CCN3C(=O)N(c4cc(F)cc(Oc5nccc(C(=O)O)n5)c4)C[C@@H]3C2)NC(c2nccs2)=N[C@H]1c1ccc(F)cc1Cl. The van der Waals surface area contributed by atoms with Crippen LogP contribution in [-0.4, -0.2) is 190 Å². The van der Waals surface area contributed by atoms with Crippen molar-refractivity contribution in [3.63, 3.8) is 0 Å². The molecule has 0 unspecified atom stereocenters. The lowest BCUT2D eigenvalue weighted by atomic mass is 9.85. The molecule has 4 amide bonds. The van der Waals surface area contributed by atoms with E-state index in [0.29, 0.717) is 114 Å². The Labute approximate surface area is 598 Å². The van der Waals surface area contributed by atoms with Crippen molar-refractivity contribution >= 4 is 105 Å². The van der Waals surface area contributed by atoms with E-state index in [0.717, 1.165) is 25.0 Å². The number of hydrogen-bond donors (Lipinski definition) is 3. The van der Waals surface area contributed by atoms with Crippen molar-refractivity contribution in [2.45, 2.75) is 62.9 Å². The molecule has 530 valence electrons. The molecule has 3 N–H and O–H groups in total. The number of amidine groups is 2. The van der Waals surface area contributed by atoms with Gasteiger partial charge in [0.05, 0.1) is 54.9 Å². The van der Waals surface area contributed by atoms with Gasteiger partial charge in [-0.3, -0.25) is 34.4 Å². The largest absolute Gasteiger partial charge is 0.490 e. The predicted molar refractivity (Wildman–Crippen MR) is 368 cm³/mol. The number of rotatable bonds is 18. The number of aromatic carboxylic acids is 1. The molecule has 4 atom stereocenters. The second-order valence-corrected chi connectivity index (χ2v) is 27.5. The van der Waals surface area contributed by atoms with Crippen molar-refractivity contribution in [1.29, 1.82) is 0 Å². The first-order valence-corrected chi connectivity index (χ1v) is 34.8. The Bertz CT molecular complexity index is 4570. The summed E-state index contributed by atoms with van der Waals surface area (Å²) in [5.74, 6) is -3.36. The maximum absolute atomic E-state index is 14.9. The molecule has 0 bridgehead atoms. The van der Waals surface area contributed by atoms with Crippen LogP contribution in [0.15, 0.2) is 141 Å². The van der Waals surface area contributed by atoms with E-state index in [1.54, 1.807) is 45.5 Å². The molecule has 4 saturated heterocycles. The third-order valence-corrected chi connectivity index (χ3v) is 20.6. The molecule has 6 aliphatic heterocycles. The van der Waals surface area contributed by atoms with Crippen LogP contribution in [0, 0.1) is 29.2 Å². The quantitative estimate of drug-likeness (QED) is 0.0532. The summed E-state index contributed by atoms with van der Waals surface area (Å²) in [6.45, 7) is 5.27. The summed E-state index contributed by atoms with van der Waals surface area (Å²) in [6, 6.07) is 14.0. The van der Waals surface area contributed by atoms with E-state index >= 15 is 0 Å². The Morgan fingerprint density at radius 1 is 0.598 bits per heavy atom. The van der Waals surface area contributed by atoms with Crippen LogP contribution >= 0.6 is 45.9 Å². The van der Waals surface area contributed by atoms with Gasteiger partial charge in [0.2, 0.25) is 0 Å². The van der Waals surface area contributed by atoms with Crippen LogP contribution in [0.3, 0.4) is 0 Å². The van der Waals surface area contributed by atoms with Gasteiger partial charge in [-0.2, -0.15) is 4.98 Å². The molecule has 9 heterocycles. The van der Waals surface area contributed by atoms with Crippen LogP contribution in [0.1, 0.15) is 76.3 Å². The fourth-order valence-electron chi connectivity index (χ4n) is 13.6. The Morgan fingerprint density at radius 2 is 1.09 bits per heavy atom. The van der Waals surface area contributed by atoms with E-state index in [4.69, 9.17) is 52.1 Å². The third kappa shape index (κ3) is 15.3. The highest BCUT2D eigenvalue weighted by molar-refractivity contribution is 7.12.